The van der Waals surface area contributed by atoms with Gasteiger partial charge < -0.3 is 10.0 Å². The lowest BCUT2D eigenvalue weighted by atomic mass is 10.1. The van der Waals surface area contributed by atoms with Crippen LogP contribution in [0.4, 0.5) is 0 Å². The monoisotopic (exact) mass is 145 g/mol. The van der Waals surface area contributed by atoms with Crippen LogP contribution in [0.3, 0.4) is 0 Å². The number of aliphatic hydroxyl groups is 1. The third-order valence-electron chi connectivity index (χ3n) is 1.47. The number of aliphatic hydroxyl groups excluding tert-OH is 1. The number of likely N-dealkylation sites (N-methyl/N-ethyl adjacent to an activating group) is 1. The summed E-state index contributed by atoms with van der Waals surface area (Å²) < 4.78 is 0. The first kappa shape index (κ1) is 9.92. The fourth-order valence-corrected chi connectivity index (χ4v) is 0.953. The maximum absolute atomic E-state index is 9.31. The van der Waals surface area contributed by atoms with Gasteiger partial charge in [0.2, 0.25) is 0 Å². The van der Waals surface area contributed by atoms with Crippen molar-refractivity contribution in [3.05, 3.63) is 0 Å². The molecule has 0 aromatic heterocycles. The van der Waals surface area contributed by atoms with Gasteiger partial charge in [-0.1, -0.05) is 19.8 Å². The quantitative estimate of drug-likeness (QED) is 0.626. The molecule has 0 heterocycles. The van der Waals surface area contributed by atoms with Crippen molar-refractivity contribution in [1.29, 1.82) is 0 Å². The van der Waals surface area contributed by atoms with Crippen molar-refractivity contribution in [3.63, 3.8) is 0 Å². The van der Waals surface area contributed by atoms with Crippen LogP contribution in [0.2, 0.25) is 0 Å². The van der Waals surface area contributed by atoms with Gasteiger partial charge in [-0.25, -0.2) is 0 Å². The van der Waals surface area contributed by atoms with Crippen molar-refractivity contribution >= 4 is 0 Å². The molecular weight excluding hydrogens is 126 g/mol. The standard InChI is InChI=1S/C8H19NO/c1-4-5-6-8(10)7-9(2)3/h8,10H,4-7H2,1-3H3. The van der Waals surface area contributed by atoms with Crippen LogP contribution in [0.1, 0.15) is 26.2 Å². The van der Waals surface area contributed by atoms with E-state index in [9.17, 15) is 5.11 Å². The Morgan fingerprint density at radius 1 is 1.40 bits per heavy atom. The van der Waals surface area contributed by atoms with Crippen LogP contribution >= 0.6 is 0 Å². The Morgan fingerprint density at radius 2 is 2.00 bits per heavy atom. The molecule has 62 valence electrons. The molecule has 0 amide bonds. The molecule has 0 aliphatic carbocycles. The zero-order valence-electron chi connectivity index (χ0n) is 7.30. The second-order valence-corrected chi connectivity index (χ2v) is 3.06. The Labute approximate surface area is 63.8 Å². The molecule has 10 heavy (non-hydrogen) atoms. The van der Waals surface area contributed by atoms with Crippen LogP contribution in [0, 0.1) is 0 Å². The molecule has 0 aromatic rings. The van der Waals surface area contributed by atoms with E-state index in [0.29, 0.717) is 0 Å². The van der Waals surface area contributed by atoms with Crippen molar-refractivity contribution < 1.29 is 5.11 Å². The Balaban J connectivity index is 3.16. The number of rotatable bonds is 5. The first-order chi connectivity index (χ1) is 4.66. The Kier molecular flexibility index (Phi) is 5.64. The molecule has 0 saturated heterocycles. The highest BCUT2D eigenvalue weighted by Crippen LogP contribution is 2.00. The fourth-order valence-electron chi connectivity index (χ4n) is 0.953. The topological polar surface area (TPSA) is 23.5 Å². The van der Waals surface area contributed by atoms with Gasteiger partial charge in [-0.2, -0.15) is 0 Å². The molecule has 2 heteroatoms. The summed E-state index contributed by atoms with van der Waals surface area (Å²) in [7, 11) is 3.96. The van der Waals surface area contributed by atoms with Crippen molar-refractivity contribution in [2.75, 3.05) is 20.6 Å². The molecule has 1 N–H and O–H groups in total. The first-order valence-electron chi connectivity index (χ1n) is 3.99. The van der Waals surface area contributed by atoms with Crippen LogP contribution in [0.5, 0.6) is 0 Å². The highest BCUT2D eigenvalue weighted by atomic mass is 16.3. The van der Waals surface area contributed by atoms with E-state index in [1.807, 2.05) is 19.0 Å². The minimum absolute atomic E-state index is 0.130. The van der Waals surface area contributed by atoms with Gasteiger partial charge in [-0.15, -0.1) is 0 Å². The van der Waals surface area contributed by atoms with Gasteiger partial charge in [0.15, 0.2) is 0 Å². The summed E-state index contributed by atoms with van der Waals surface area (Å²) in [6.07, 6.45) is 3.11. The van der Waals surface area contributed by atoms with Gasteiger partial charge in [0, 0.05) is 6.54 Å². The van der Waals surface area contributed by atoms with Crippen molar-refractivity contribution in [1.82, 2.24) is 4.90 Å². The lowest BCUT2D eigenvalue weighted by molar-refractivity contribution is 0.126. The minimum Gasteiger partial charge on any atom is -0.392 e. The predicted octanol–water partition coefficient (Wildman–Crippen LogP) is 1.10. The maximum Gasteiger partial charge on any atom is 0.0666 e. The predicted molar refractivity (Wildman–Crippen MR) is 44.1 cm³/mol. The Hall–Kier alpha value is -0.0800. The van der Waals surface area contributed by atoms with Crippen LogP contribution in [-0.2, 0) is 0 Å². The molecule has 0 aromatic carbocycles. The zero-order valence-corrected chi connectivity index (χ0v) is 7.30. The van der Waals surface area contributed by atoms with E-state index in [-0.39, 0.29) is 6.10 Å². The lowest BCUT2D eigenvalue weighted by Crippen LogP contribution is -2.25. The van der Waals surface area contributed by atoms with Gasteiger partial charge in [0.1, 0.15) is 0 Å². The number of nitrogens with zero attached hydrogens (tertiary/aromatic N) is 1. The van der Waals surface area contributed by atoms with Gasteiger partial charge in [0.05, 0.1) is 6.10 Å². The van der Waals surface area contributed by atoms with E-state index in [4.69, 9.17) is 0 Å². The first-order valence-corrected chi connectivity index (χ1v) is 3.99. The second-order valence-electron chi connectivity index (χ2n) is 3.06. The lowest BCUT2D eigenvalue weighted by Gasteiger charge is -2.14. The SMILES string of the molecule is CCCCC(O)CN(C)C. The van der Waals surface area contributed by atoms with E-state index >= 15 is 0 Å². The molecule has 0 radical (unpaired) electrons. The molecule has 0 spiro atoms. The maximum atomic E-state index is 9.31. The van der Waals surface area contributed by atoms with Crippen LogP contribution in [-0.4, -0.2) is 36.8 Å². The molecule has 0 fully saturated rings. The Bertz CT molecular complexity index is 73.7. The van der Waals surface area contributed by atoms with Gasteiger partial charge in [-0.3, -0.25) is 0 Å². The second kappa shape index (κ2) is 5.69. The van der Waals surface area contributed by atoms with Crippen molar-refractivity contribution in [2.45, 2.75) is 32.3 Å². The van der Waals surface area contributed by atoms with E-state index < -0.39 is 0 Å². The molecular formula is C8H19NO. The van der Waals surface area contributed by atoms with Gasteiger partial charge >= 0.3 is 0 Å². The van der Waals surface area contributed by atoms with E-state index in [0.717, 1.165) is 19.4 Å². The average Bonchev–Trinajstić information content (AvgIpc) is 1.82. The highest BCUT2D eigenvalue weighted by Gasteiger charge is 2.02. The molecule has 0 aliphatic rings. The normalized spacial score (nSPS) is 14.1. The molecule has 1 atom stereocenters. The van der Waals surface area contributed by atoms with Crippen LogP contribution in [0.15, 0.2) is 0 Å². The summed E-state index contributed by atoms with van der Waals surface area (Å²) >= 11 is 0. The molecule has 0 saturated carbocycles. The van der Waals surface area contributed by atoms with Crippen LogP contribution < -0.4 is 0 Å². The Morgan fingerprint density at radius 3 is 2.40 bits per heavy atom. The molecule has 1 unspecified atom stereocenters. The van der Waals surface area contributed by atoms with E-state index in [2.05, 4.69) is 6.92 Å². The smallest absolute Gasteiger partial charge is 0.0666 e. The highest BCUT2D eigenvalue weighted by molar-refractivity contribution is 4.57. The molecule has 0 rings (SSSR count). The largest absolute Gasteiger partial charge is 0.392 e. The average molecular weight is 145 g/mol. The summed E-state index contributed by atoms with van der Waals surface area (Å²) in [5.74, 6) is 0. The summed E-state index contributed by atoms with van der Waals surface area (Å²) in [4.78, 5) is 2.01. The summed E-state index contributed by atoms with van der Waals surface area (Å²) in [5.41, 5.74) is 0. The number of unbranched alkanes of at least 4 members (excludes halogenated alkanes) is 1. The summed E-state index contributed by atoms with van der Waals surface area (Å²) in [6, 6.07) is 0. The van der Waals surface area contributed by atoms with Crippen molar-refractivity contribution in [3.8, 4) is 0 Å². The van der Waals surface area contributed by atoms with Gasteiger partial charge in [0.25, 0.3) is 0 Å². The number of hydrogen-bond acceptors (Lipinski definition) is 2. The van der Waals surface area contributed by atoms with E-state index in [1.165, 1.54) is 6.42 Å². The fraction of sp³-hybridized carbons (Fsp3) is 1.00. The summed E-state index contributed by atoms with van der Waals surface area (Å²) in [5, 5.41) is 9.31. The zero-order chi connectivity index (χ0) is 7.98. The molecule has 0 aliphatic heterocycles. The summed E-state index contributed by atoms with van der Waals surface area (Å²) in [6.45, 7) is 2.93. The van der Waals surface area contributed by atoms with Gasteiger partial charge in [-0.05, 0) is 20.5 Å². The van der Waals surface area contributed by atoms with Crippen LogP contribution in [0.25, 0.3) is 0 Å². The minimum atomic E-state index is -0.130. The third-order valence-corrected chi connectivity index (χ3v) is 1.47. The van der Waals surface area contributed by atoms with Crippen molar-refractivity contribution in [2.24, 2.45) is 0 Å². The molecule has 2 nitrogen and oxygen atoms in total. The third kappa shape index (κ3) is 6.05. The molecule has 0 bridgehead atoms. The number of hydrogen-bond donors (Lipinski definition) is 1. The van der Waals surface area contributed by atoms with E-state index in [1.54, 1.807) is 0 Å².